The maximum absolute atomic E-state index is 12.9. The van der Waals surface area contributed by atoms with Crippen LogP contribution >= 0.6 is 0 Å². The minimum absolute atomic E-state index is 0.0791. The largest absolute Gasteiger partial charge is 0.380 e. The molecule has 0 atom stereocenters. The Bertz CT molecular complexity index is 358. The van der Waals surface area contributed by atoms with Crippen LogP contribution in [0.15, 0.2) is 18.2 Å². The highest BCUT2D eigenvalue weighted by molar-refractivity contribution is 5.20. The average Bonchev–Trinajstić information content (AvgIpc) is 2.17. The van der Waals surface area contributed by atoms with Crippen LogP contribution in [0.5, 0.6) is 0 Å². The van der Waals surface area contributed by atoms with Crippen molar-refractivity contribution in [2.45, 2.75) is 6.42 Å². The van der Waals surface area contributed by atoms with Crippen LogP contribution in [0, 0.1) is 17.0 Å². The molecule has 1 saturated heterocycles. The van der Waals surface area contributed by atoms with E-state index in [2.05, 4.69) is 0 Å². The van der Waals surface area contributed by atoms with Gasteiger partial charge < -0.3 is 10.5 Å². The fraction of sp³-hybridized carbons (Fsp3) is 0.455. The number of rotatable bonds is 3. The highest BCUT2D eigenvalue weighted by Gasteiger charge is 2.37. The van der Waals surface area contributed by atoms with Crippen molar-refractivity contribution in [2.75, 3.05) is 19.8 Å². The summed E-state index contributed by atoms with van der Waals surface area (Å²) in [5.74, 6) is -1.62. The summed E-state index contributed by atoms with van der Waals surface area (Å²) in [5, 5.41) is 0. The third kappa shape index (κ3) is 2.01. The summed E-state index contributed by atoms with van der Waals surface area (Å²) in [6.07, 6.45) is 0.640. The number of hydrogen-bond donors (Lipinski definition) is 1. The van der Waals surface area contributed by atoms with E-state index >= 15 is 0 Å². The fourth-order valence-electron chi connectivity index (χ4n) is 1.77. The lowest BCUT2D eigenvalue weighted by molar-refractivity contribution is -0.106. The Balaban J connectivity index is 2.13. The minimum Gasteiger partial charge on any atom is -0.380 e. The smallest absolute Gasteiger partial charge is 0.159 e. The highest BCUT2D eigenvalue weighted by atomic mass is 19.2. The van der Waals surface area contributed by atoms with Crippen molar-refractivity contribution in [1.29, 1.82) is 0 Å². The van der Waals surface area contributed by atoms with Gasteiger partial charge in [-0.05, 0) is 24.1 Å². The van der Waals surface area contributed by atoms with Crippen molar-refractivity contribution >= 4 is 0 Å². The molecule has 2 rings (SSSR count). The molecule has 1 aromatic rings. The van der Waals surface area contributed by atoms with Crippen LogP contribution in [0.25, 0.3) is 0 Å². The first-order valence-electron chi connectivity index (χ1n) is 4.87. The number of benzene rings is 1. The Morgan fingerprint density at radius 3 is 2.47 bits per heavy atom. The first-order valence-corrected chi connectivity index (χ1v) is 4.87. The first kappa shape index (κ1) is 10.5. The van der Waals surface area contributed by atoms with Gasteiger partial charge in [0.25, 0.3) is 0 Å². The summed E-state index contributed by atoms with van der Waals surface area (Å²) in [5.41, 5.74) is 6.32. The van der Waals surface area contributed by atoms with E-state index in [1.54, 1.807) is 6.07 Å². The Morgan fingerprint density at radius 1 is 1.27 bits per heavy atom. The maximum Gasteiger partial charge on any atom is 0.159 e. The molecular weight excluding hydrogens is 200 g/mol. The van der Waals surface area contributed by atoms with Crippen LogP contribution in [-0.2, 0) is 11.2 Å². The van der Waals surface area contributed by atoms with Crippen molar-refractivity contribution in [3.8, 4) is 0 Å². The van der Waals surface area contributed by atoms with Gasteiger partial charge >= 0.3 is 0 Å². The van der Waals surface area contributed by atoms with E-state index in [-0.39, 0.29) is 5.41 Å². The van der Waals surface area contributed by atoms with Gasteiger partial charge in [0.2, 0.25) is 0 Å². The van der Waals surface area contributed by atoms with Crippen LogP contribution in [0.2, 0.25) is 0 Å². The molecule has 0 radical (unpaired) electrons. The van der Waals surface area contributed by atoms with E-state index < -0.39 is 11.6 Å². The second-order valence-electron chi connectivity index (χ2n) is 4.12. The van der Waals surface area contributed by atoms with Crippen molar-refractivity contribution in [1.82, 2.24) is 0 Å². The molecule has 2 nitrogen and oxygen atoms in total. The molecule has 82 valence electrons. The molecule has 1 aromatic carbocycles. The van der Waals surface area contributed by atoms with Crippen molar-refractivity contribution in [2.24, 2.45) is 11.1 Å². The van der Waals surface area contributed by atoms with E-state index in [0.29, 0.717) is 26.2 Å². The average molecular weight is 213 g/mol. The van der Waals surface area contributed by atoms with Crippen LogP contribution < -0.4 is 5.73 Å². The molecule has 15 heavy (non-hydrogen) atoms. The molecule has 2 N–H and O–H groups in total. The zero-order valence-electron chi connectivity index (χ0n) is 8.30. The maximum atomic E-state index is 12.9. The molecule has 1 aliphatic rings. The molecule has 0 aliphatic carbocycles. The normalized spacial score (nSPS) is 18.6. The lowest BCUT2D eigenvalue weighted by Gasteiger charge is -2.40. The summed E-state index contributed by atoms with van der Waals surface area (Å²) in [7, 11) is 0. The minimum atomic E-state index is -0.814. The zero-order valence-corrected chi connectivity index (χ0v) is 8.30. The summed E-state index contributed by atoms with van der Waals surface area (Å²) in [6.45, 7) is 1.71. The van der Waals surface area contributed by atoms with Gasteiger partial charge in [-0.25, -0.2) is 8.78 Å². The van der Waals surface area contributed by atoms with E-state index in [1.165, 1.54) is 6.07 Å². The van der Waals surface area contributed by atoms with Gasteiger partial charge in [-0.3, -0.25) is 0 Å². The molecule has 0 saturated carbocycles. The topological polar surface area (TPSA) is 35.2 Å². The Labute approximate surface area is 87.0 Å². The van der Waals surface area contributed by atoms with Crippen molar-refractivity contribution in [3.63, 3.8) is 0 Å². The molecule has 0 unspecified atom stereocenters. The number of ether oxygens (including phenoxy) is 1. The monoisotopic (exact) mass is 213 g/mol. The first-order chi connectivity index (χ1) is 7.15. The van der Waals surface area contributed by atoms with Gasteiger partial charge in [0.15, 0.2) is 11.6 Å². The Kier molecular flexibility index (Phi) is 2.71. The van der Waals surface area contributed by atoms with E-state index in [9.17, 15) is 8.78 Å². The number of halogens is 2. The van der Waals surface area contributed by atoms with Gasteiger partial charge in [0.1, 0.15) is 0 Å². The predicted molar refractivity (Wildman–Crippen MR) is 52.4 cm³/mol. The van der Waals surface area contributed by atoms with Crippen LogP contribution in [0.4, 0.5) is 8.78 Å². The van der Waals surface area contributed by atoms with Crippen molar-refractivity contribution < 1.29 is 13.5 Å². The second-order valence-corrected chi connectivity index (χ2v) is 4.12. The van der Waals surface area contributed by atoms with Crippen molar-refractivity contribution in [3.05, 3.63) is 35.4 Å². The van der Waals surface area contributed by atoms with Crippen LogP contribution in [-0.4, -0.2) is 19.8 Å². The van der Waals surface area contributed by atoms with Gasteiger partial charge in [-0.15, -0.1) is 0 Å². The fourth-order valence-corrected chi connectivity index (χ4v) is 1.77. The Morgan fingerprint density at radius 2 is 2.00 bits per heavy atom. The standard InChI is InChI=1S/C11H13F2NO/c12-9-2-1-8(3-10(9)13)4-11(5-14)6-15-7-11/h1-3H,4-7,14H2. The van der Waals surface area contributed by atoms with E-state index in [1.807, 2.05) is 0 Å². The number of hydrogen-bond acceptors (Lipinski definition) is 2. The third-order valence-electron chi connectivity index (χ3n) is 2.81. The van der Waals surface area contributed by atoms with Gasteiger partial charge in [0, 0.05) is 12.0 Å². The van der Waals surface area contributed by atoms with Gasteiger partial charge in [0.05, 0.1) is 13.2 Å². The molecular formula is C11H13F2NO. The highest BCUT2D eigenvalue weighted by Crippen LogP contribution is 2.30. The number of nitrogens with two attached hydrogens (primary N) is 1. The summed E-state index contributed by atoms with van der Waals surface area (Å²) < 4.78 is 30.7. The predicted octanol–water partition coefficient (Wildman–Crippen LogP) is 1.48. The van der Waals surface area contributed by atoms with Crippen LogP contribution in [0.3, 0.4) is 0 Å². The Hall–Kier alpha value is -1.00. The lowest BCUT2D eigenvalue weighted by Crippen LogP contribution is -2.49. The zero-order chi connectivity index (χ0) is 10.9. The quantitative estimate of drug-likeness (QED) is 0.825. The summed E-state index contributed by atoms with van der Waals surface area (Å²) in [4.78, 5) is 0. The van der Waals surface area contributed by atoms with Gasteiger partial charge in [-0.1, -0.05) is 6.07 Å². The third-order valence-corrected chi connectivity index (χ3v) is 2.81. The molecule has 4 heteroatoms. The molecule has 0 bridgehead atoms. The molecule has 1 heterocycles. The van der Waals surface area contributed by atoms with E-state index in [0.717, 1.165) is 11.6 Å². The van der Waals surface area contributed by atoms with E-state index in [4.69, 9.17) is 10.5 Å². The van der Waals surface area contributed by atoms with Crippen LogP contribution in [0.1, 0.15) is 5.56 Å². The molecule has 0 spiro atoms. The lowest BCUT2D eigenvalue weighted by atomic mass is 9.80. The summed E-state index contributed by atoms with van der Waals surface area (Å²) >= 11 is 0. The van der Waals surface area contributed by atoms with Gasteiger partial charge in [-0.2, -0.15) is 0 Å². The SMILES string of the molecule is NCC1(Cc2ccc(F)c(F)c2)COC1. The molecule has 1 aliphatic heterocycles. The second kappa shape index (κ2) is 3.87. The summed E-state index contributed by atoms with van der Waals surface area (Å²) in [6, 6.07) is 3.97. The molecule has 0 amide bonds. The molecule has 0 aromatic heterocycles. The molecule has 1 fully saturated rings.